The van der Waals surface area contributed by atoms with E-state index in [1.54, 1.807) is 0 Å². The van der Waals surface area contributed by atoms with Gasteiger partial charge in [0.25, 0.3) is 0 Å². The molecule has 0 aliphatic carbocycles. The largest absolute Gasteiger partial charge is 0.396 e. The van der Waals surface area contributed by atoms with E-state index in [2.05, 4.69) is 4.72 Å². The highest BCUT2D eigenvalue weighted by molar-refractivity contribution is 7.89. The zero-order valence-corrected chi connectivity index (χ0v) is 12.7. The molecule has 0 bridgehead atoms. The first-order chi connectivity index (χ1) is 8.92. The molecule has 0 saturated heterocycles. The summed E-state index contributed by atoms with van der Waals surface area (Å²) in [6, 6.07) is 4.57. The third-order valence-corrected chi connectivity index (χ3v) is 5.45. The fraction of sp³-hybridized carbons (Fsp3) is 0.0909. The van der Waals surface area contributed by atoms with E-state index >= 15 is 0 Å². The molecule has 0 aliphatic rings. The number of hydrogen-bond donors (Lipinski definition) is 2. The summed E-state index contributed by atoms with van der Waals surface area (Å²) in [5.41, 5.74) is 6.55. The third-order valence-electron chi connectivity index (χ3n) is 2.43. The second-order valence-electron chi connectivity index (χ2n) is 3.73. The molecule has 0 atom stereocenters. The van der Waals surface area contributed by atoms with E-state index in [4.69, 9.17) is 28.9 Å². The molecular weight excluding hydrogens is 327 g/mol. The van der Waals surface area contributed by atoms with Gasteiger partial charge in [-0.3, -0.25) is 0 Å². The summed E-state index contributed by atoms with van der Waals surface area (Å²) < 4.78 is 26.7. The summed E-state index contributed by atoms with van der Waals surface area (Å²) in [7, 11) is -3.72. The lowest BCUT2D eigenvalue weighted by atomic mass is 10.3. The highest BCUT2D eigenvalue weighted by atomic mass is 35.5. The predicted octanol–water partition coefficient (Wildman–Crippen LogP) is 3.12. The van der Waals surface area contributed by atoms with Crippen LogP contribution in [-0.4, -0.2) is 8.42 Å². The van der Waals surface area contributed by atoms with Crippen LogP contribution in [0.4, 0.5) is 5.69 Å². The summed E-state index contributed by atoms with van der Waals surface area (Å²) in [5, 5.41) is 3.89. The van der Waals surface area contributed by atoms with Gasteiger partial charge in [0.2, 0.25) is 10.0 Å². The van der Waals surface area contributed by atoms with Crippen LogP contribution < -0.4 is 10.5 Å². The minimum atomic E-state index is -3.72. The van der Waals surface area contributed by atoms with Gasteiger partial charge in [-0.2, -0.15) is 11.3 Å². The molecule has 2 aromatic rings. The molecule has 0 amide bonds. The topological polar surface area (TPSA) is 72.2 Å². The molecule has 4 nitrogen and oxygen atoms in total. The maximum atomic E-state index is 12.1. The number of hydrogen-bond acceptors (Lipinski definition) is 4. The first kappa shape index (κ1) is 14.6. The standard InChI is InChI=1S/C11H10Cl2N2O2S2/c12-8-1-2-9(10(13)11(8)14)19(16,17)15-5-7-3-4-18-6-7/h1-4,6,15H,5,14H2. The van der Waals surface area contributed by atoms with E-state index < -0.39 is 10.0 Å². The van der Waals surface area contributed by atoms with Crippen molar-refractivity contribution in [2.45, 2.75) is 11.4 Å². The third kappa shape index (κ3) is 3.21. The number of sulfonamides is 1. The highest BCUT2D eigenvalue weighted by Gasteiger charge is 2.20. The van der Waals surface area contributed by atoms with Gasteiger partial charge >= 0.3 is 0 Å². The monoisotopic (exact) mass is 336 g/mol. The molecule has 19 heavy (non-hydrogen) atoms. The van der Waals surface area contributed by atoms with Gasteiger partial charge in [0, 0.05) is 6.54 Å². The van der Waals surface area contributed by atoms with Crippen LogP contribution in [0.2, 0.25) is 10.0 Å². The summed E-state index contributed by atoms with van der Waals surface area (Å²) in [5.74, 6) is 0. The Balaban J connectivity index is 2.27. The fourth-order valence-electron chi connectivity index (χ4n) is 1.41. The van der Waals surface area contributed by atoms with Gasteiger partial charge in [-0.05, 0) is 34.5 Å². The van der Waals surface area contributed by atoms with Crippen LogP contribution in [0.3, 0.4) is 0 Å². The Morgan fingerprint density at radius 2 is 2.00 bits per heavy atom. The van der Waals surface area contributed by atoms with Gasteiger partial charge in [0.1, 0.15) is 4.90 Å². The Labute approximate surface area is 125 Å². The summed E-state index contributed by atoms with van der Waals surface area (Å²) in [6.07, 6.45) is 0. The molecule has 1 heterocycles. The molecular formula is C11H10Cl2N2O2S2. The average molecular weight is 337 g/mol. The first-order valence-corrected chi connectivity index (χ1v) is 8.34. The number of nitrogens with one attached hydrogen (secondary N) is 1. The van der Waals surface area contributed by atoms with Crippen molar-refractivity contribution >= 4 is 50.2 Å². The van der Waals surface area contributed by atoms with E-state index in [0.717, 1.165) is 5.56 Å². The molecule has 3 N–H and O–H groups in total. The molecule has 1 aromatic heterocycles. The maximum absolute atomic E-state index is 12.1. The fourth-order valence-corrected chi connectivity index (χ4v) is 3.86. The van der Waals surface area contributed by atoms with Crippen LogP contribution in [0.1, 0.15) is 5.56 Å². The molecule has 0 saturated carbocycles. The Kier molecular flexibility index (Phi) is 4.37. The molecule has 2 rings (SSSR count). The Hall–Kier alpha value is -0.790. The predicted molar refractivity (Wildman–Crippen MR) is 79.2 cm³/mol. The number of nitrogen functional groups attached to an aromatic ring is 1. The number of thiophene rings is 1. The van der Waals surface area contributed by atoms with Crippen LogP contribution in [0.25, 0.3) is 0 Å². The van der Waals surface area contributed by atoms with Crippen LogP contribution in [0.5, 0.6) is 0 Å². The highest BCUT2D eigenvalue weighted by Crippen LogP contribution is 2.33. The lowest BCUT2D eigenvalue weighted by Crippen LogP contribution is -2.23. The first-order valence-electron chi connectivity index (χ1n) is 5.16. The van der Waals surface area contributed by atoms with Crippen molar-refractivity contribution in [2.75, 3.05) is 5.73 Å². The van der Waals surface area contributed by atoms with E-state index in [9.17, 15) is 8.42 Å². The van der Waals surface area contributed by atoms with Gasteiger partial charge in [0.15, 0.2) is 0 Å². The quantitative estimate of drug-likeness (QED) is 0.842. The van der Waals surface area contributed by atoms with Crippen molar-refractivity contribution in [2.24, 2.45) is 0 Å². The van der Waals surface area contributed by atoms with Crippen molar-refractivity contribution in [3.63, 3.8) is 0 Å². The number of anilines is 1. The molecule has 0 aliphatic heterocycles. The zero-order valence-electron chi connectivity index (χ0n) is 9.56. The number of benzene rings is 1. The van der Waals surface area contributed by atoms with E-state index in [0.29, 0.717) is 0 Å². The smallest absolute Gasteiger partial charge is 0.242 e. The van der Waals surface area contributed by atoms with Crippen molar-refractivity contribution in [1.29, 1.82) is 0 Å². The second-order valence-corrected chi connectivity index (χ2v) is 7.03. The van der Waals surface area contributed by atoms with Crippen molar-refractivity contribution < 1.29 is 8.42 Å². The van der Waals surface area contributed by atoms with Crippen LogP contribution >= 0.6 is 34.5 Å². The van der Waals surface area contributed by atoms with Crippen LogP contribution in [0.15, 0.2) is 33.9 Å². The lowest BCUT2D eigenvalue weighted by Gasteiger charge is -2.10. The Morgan fingerprint density at radius 1 is 1.26 bits per heavy atom. The molecule has 8 heteroatoms. The van der Waals surface area contributed by atoms with Crippen LogP contribution in [-0.2, 0) is 16.6 Å². The van der Waals surface area contributed by atoms with E-state index in [-0.39, 0.29) is 27.2 Å². The van der Waals surface area contributed by atoms with Crippen molar-refractivity contribution in [1.82, 2.24) is 4.72 Å². The average Bonchev–Trinajstić information content (AvgIpc) is 2.86. The zero-order chi connectivity index (χ0) is 14.0. The molecule has 0 spiro atoms. The van der Waals surface area contributed by atoms with Crippen LogP contribution in [0, 0.1) is 0 Å². The van der Waals surface area contributed by atoms with E-state index in [1.165, 1.54) is 23.5 Å². The SMILES string of the molecule is Nc1c(Cl)ccc(S(=O)(=O)NCc2ccsc2)c1Cl. The second kappa shape index (κ2) is 5.68. The summed E-state index contributed by atoms with van der Waals surface area (Å²) in [6.45, 7) is 0.199. The molecule has 0 fully saturated rings. The van der Waals surface area contributed by atoms with Gasteiger partial charge < -0.3 is 5.73 Å². The summed E-state index contributed by atoms with van der Waals surface area (Å²) in [4.78, 5) is -0.0775. The summed E-state index contributed by atoms with van der Waals surface area (Å²) >= 11 is 13.2. The van der Waals surface area contributed by atoms with E-state index in [1.807, 2.05) is 16.8 Å². The molecule has 1 aromatic carbocycles. The van der Waals surface area contributed by atoms with Crippen molar-refractivity contribution in [3.05, 3.63) is 44.6 Å². The van der Waals surface area contributed by atoms with Gasteiger partial charge in [-0.25, -0.2) is 13.1 Å². The molecule has 0 unspecified atom stereocenters. The lowest BCUT2D eigenvalue weighted by molar-refractivity contribution is 0.581. The molecule has 0 radical (unpaired) electrons. The minimum Gasteiger partial charge on any atom is -0.396 e. The Morgan fingerprint density at radius 3 is 2.63 bits per heavy atom. The van der Waals surface area contributed by atoms with Gasteiger partial charge in [-0.15, -0.1) is 0 Å². The minimum absolute atomic E-state index is 0.0572. The number of nitrogens with two attached hydrogens (primary N) is 1. The maximum Gasteiger partial charge on any atom is 0.242 e. The number of halogens is 2. The normalized spacial score (nSPS) is 11.7. The van der Waals surface area contributed by atoms with Gasteiger partial charge in [0.05, 0.1) is 15.7 Å². The van der Waals surface area contributed by atoms with Crippen molar-refractivity contribution in [3.8, 4) is 0 Å². The number of rotatable bonds is 4. The van der Waals surface area contributed by atoms with Gasteiger partial charge in [-0.1, -0.05) is 23.2 Å². The molecule has 102 valence electrons. The Bertz CT molecular complexity index is 685.